The van der Waals surface area contributed by atoms with Crippen molar-refractivity contribution in [3.63, 3.8) is 0 Å². The molecule has 1 saturated heterocycles. The highest BCUT2D eigenvalue weighted by Crippen LogP contribution is 2.46. The van der Waals surface area contributed by atoms with Crippen LogP contribution in [0.5, 0.6) is 0 Å². The van der Waals surface area contributed by atoms with Crippen molar-refractivity contribution < 1.29 is 28.9 Å². The molecule has 0 aliphatic carbocycles. The zero-order valence-corrected chi connectivity index (χ0v) is 17.9. The number of carbonyl (C=O) groups is 2. The van der Waals surface area contributed by atoms with Crippen molar-refractivity contribution in [2.45, 2.75) is 44.8 Å². The van der Waals surface area contributed by atoms with Gasteiger partial charge in [-0.2, -0.15) is 0 Å². The molecule has 1 aliphatic heterocycles. The van der Waals surface area contributed by atoms with Crippen LogP contribution in [0.15, 0.2) is 24.3 Å². The third-order valence-corrected chi connectivity index (χ3v) is 7.19. The fourth-order valence-corrected chi connectivity index (χ4v) is 5.46. The summed E-state index contributed by atoms with van der Waals surface area (Å²) in [7, 11) is -3.43. The first-order valence-corrected chi connectivity index (χ1v) is 11.9. The highest BCUT2D eigenvalue weighted by atomic mass is 31.2. The number of carboxylic acid groups (broad SMARTS) is 1. The van der Waals surface area contributed by atoms with Gasteiger partial charge in [0.15, 0.2) is 0 Å². The third kappa shape index (κ3) is 6.93. The zero-order valence-electron chi connectivity index (χ0n) is 17.0. The average molecular weight is 426 g/mol. The molecule has 8 nitrogen and oxygen atoms in total. The SMILES string of the molecule is CC(=O)NCCCCCP(=O)(O)CC1OCCN[C@]1(C)c1cccc(C(=O)O)c1. The summed E-state index contributed by atoms with van der Waals surface area (Å²) in [6.45, 7) is 4.91. The lowest BCUT2D eigenvalue weighted by atomic mass is 9.85. The van der Waals surface area contributed by atoms with Gasteiger partial charge in [-0.15, -0.1) is 0 Å². The maximum Gasteiger partial charge on any atom is 0.335 e. The lowest BCUT2D eigenvalue weighted by Crippen LogP contribution is -2.57. The number of amides is 1. The summed E-state index contributed by atoms with van der Waals surface area (Å²) in [6, 6.07) is 6.59. The first-order chi connectivity index (χ1) is 13.6. The number of hydrogen-bond acceptors (Lipinski definition) is 5. The van der Waals surface area contributed by atoms with Crippen LogP contribution in [-0.4, -0.2) is 60.0 Å². The largest absolute Gasteiger partial charge is 0.478 e. The van der Waals surface area contributed by atoms with Crippen molar-refractivity contribution in [1.82, 2.24) is 10.6 Å². The van der Waals surface area contributed by atoms with Crippen molar-refractivity contribution in [2.24, 2.45) is 0 Å². The van der Waals surface area contributed by atoms with E-state index in [4.69, 9.17) is 4.74 Å². The van der Waals surface area contributed by atoms with Crippen LogP contribution in [0.3, 0.4) is 0 Å². The van der Waals surface area contributed by atoms with Crippen LogP contribution in [0.25, 0.3) is 0 Å². The smallest absolute Gasteiger partial charge is 0.335 e. The van der Waals surface area contributed by atoms with Crippen LogP contribution >= 0.6 is 7.37 Å². The second-order valence-corrected chi connectivity index (χ2v) is 10.2. The Balaban J connectivity index is 2.01. The van der Waals surface area contributed by atoms with Crippen LogP contribution < -0.4 is 10.6 Å². The molecular formula is C20H31N2O6P. The number of hydrogen-bond donors (Lipinski definition) is 4. The Hall–Kier alpha value is -1.73. The minimum Gasteiger partial charge on any atom is -0.478 e. The summed E-state index contributed by atoms with van der Waals surface area (Å²) in [5, 5.41) is 15.3. The second kappa shape index (κ2) is 10.3. The summed E-state index contributed by atoms with van der Waals surface area (Å²) >= 11 is 0. The van der Waals surface area contributed by atoms with Gasteiger partial charge in [-0.05, 0) is 37.5 Å². The van der Waals surface area contributed by atoms with Crippen molar-refractivity contribution >= 4 is 19.2 Å². The van der Waals surface area contributed by atoms with Gasteiger partial charge in [-0.3, -0.25) is 9.36 Å². The highest BCUT2D eigenvalue weighted by molar-refractivity contribution is 7.58. The van der Waals surface area contributed by atoms with Gasteiger partial charge in [0.25, 0.3) is 0 Å². The Bertz CT molecular complexity index is 771. The molecule has 9 heteroatoms. The van der Waals surface area contributed by atoms with E-state index in [0.29, 0.717) is 26.1 Å². The maximum atomic E-state index is 12.8. The second-order valence-electron chi connectivity index (χ2n) is 7.67. The molecule has 0 bridgehead atoms. The van der Waals surface area contributed by atoms with Crippen molar-refractivity contribution in [1.29, 1.82) is 0 Å². The molecule has 1 aliphatic rings. The van der Waals surface area contributed by atoms with Crippen molar-refractivity contribution in [3.8, 4) is 0 Å². The molecule has 2 unspecified atom stereocenters. The van der Waals surface area contributed by atoms with E-state index >= 15 is 0 Å². The fraction of sp³-hybridized carbons (Fsp3) is 0.600. The number of carboxylic acids is 1. The zero-order chi connectivity index (χ0) is 21.5. The topological polar surface area (TPSA) is 125 Å². The Morgan fingerprint density at radius 3 is 2.79 bits per heavy atom. The summed E-state index contributed by atoms with van der Waals surface area (Å²) in [4.78, 5) is 32.7. The van der Waals surface area contributed by atoms with Crippen LogP contribution in [-0.2, 0) is 19.6 Å². The van der Waals surface area contributed by atoms with Gasteiger partial charge in [0.1, 0.15) is 0 Å². The van der Waals surface area contributed by atoms with Crippen LogP contribution in [0.2, 0.25) is 0 Å². The molecule has 0 aromatic heterocycles. The Morgan fingerprint density at radius 2 is 2.10 bits per heavy atom. The number of ether oxygens (including phenoxy) is 1. The molecule has 1 heterocycles. The molecule has 0 radical (unpaired) electrons. The number of unbranched alkanes of at least 4 members (excludes halogenated alkanes) is 2. The standard InChI is InChI=1S/C20H31N2O6P/c1-15(23)21-9-4-3-5-12-29(26,27)14-18-20(2,22-10-11-28-18)17-8-6-7-16(13-17)19(24)25/h6-8,13,18,22H,3-5,9-12,14H2,1-2H3,(H,21,23)(H,24,25)(H,26,27)/t18?,20-/m1/s1. The predicted octanol–water partition coefficient (Wildman–Crippen LogP) is 2.17. The van der Waals surface area contributed by atoms with E-state index in [1.165, 1.54) is 13.0 Å². The van der Waals surface area contributed by atoms with E-state index in [1.54, 1.807) is 12.1 Å². The predicted molar refractivity (Wildman–Crippen MR) is 111 cm³/mol. The first kappa shape index (κ1) is 23.5. The monoisotopic (exact) mass is 426 g/mol. The molecule has 29 heavy (non-hydrogen) atoms. The molecule has 2 rings (SSSR count). The van der Waals surface area contributed by atoms with Gasteiger partial charge >= 0.3 is 5.97 Å². The van der Waals surface area contributed by atoms with Gasteiger partial charge in [0.05, 0.1) is 30.0 Å². The summed E-state index contributed by atoms with van der Waals surface area (Å²) in [6.07, 6.45) is 1.76. The van der Waals surface area contributed by atoms with E-state index < -0.39 is 25.0 Å². The molecule has 1 aromatic rings. The van der Waals surface area contributed by atoms with E-state index in [9.17, 15) is 24.2 Å². The van der Waals surface area contributed by atoms with E-state index in [2.05, 4.69) is 10.6 Å². The molecule has 4 N–H and O–H groups in total. The molecule has 1 aromatic carbocycles. The van der Waals surface area contributed by atoms with Crippen LogP contribution in [0.1, 0.15) is 49.0 Å². The number of nitrogens with one attached hydrogen (secondary N) is 2. The third-order valence-electron chi connectivity index (χ3n) is 5.28. The highest BCUT2D eigenvalue weighted by Gasteiger charge is 2.42. The van der Waals surface area contributed by atoms with Gasteiger partial charge < -0.3 is 25.4 Å². The minimum atomic E-state index is -3.43. The van der Waals surface area contributed by atoms with Crippen LogP contribution in [0, 0.1) is 0 Å². The first-order valence-electron chi connectivity index (χ1n) is 9.90. The molecule has 1 fully saturated rings. The quantitative estimate of drug-likeness (QED) is 0.334. The molecule has 0 spiro atoms. The van der Waals surface area contributed by atoms with Crippen molar-refractivity contribution in [3.05, 3.63) is 35.4 Å². The van der Waals surface area contributed by atoms with Crippen LogP contribution in [0.4, 0.5) is 0 Å². The normalized spacial score (nSPS) is 23.9. The molecule has 3 atom stereocenters. The van der Waals surface area contributed by atoms with Gasteiger partial charge in [-0.25, -0.2) is 4.79 Å². The van der Waals surface area contributed by atoms with E-state index in [1.807, 2.05) is 13.0 Å². The fourth-order valence-electron chi connectivity index (χ4n) is 3.57. The van der Waals surface area contributed by atoms with Crippen molar-refractivity contribution in [2.75, 3.05) is 32.0 Å². The molecule has 0 saturated carbocycles. The minimum absolute atomic E-state index is 0.000501. The van der Waals surface area contributed by atoms with Gasteiger partial charge in [0, 0.05) is 26.2 Å². The molecule has 1 amide bonds. The number of carbonyl (C=O) groups excluding carboxylic acids is 1. The number of benzene rings is 1. The lowest BCUT2D eigenvalue weighted by molar-refractivity contribution is -0.118. The van der Waals surface area contributed by atoms with Gasteiger partial charge in [-0.1, -0.05) is 18.6 Å². The maximum absolute atomic E-state index is 12.8. The Morgan fingerprint density at radius 1 is 1.34 bits per heavy atom. The lowest BCUT2D eigenvalue weighted by Gasteiger charge is -2.43. The number of morpholine rings is 1. The Labute approximate surface area is 171 Å². The molecular weight excluding hydrogens is 395 g/mol. The summed E-state index contributed by atoms with van der Waals surface area (Å²) in [5.41, 5.74) is 0.131. The van der Waals surface area contributed by atoms with E-state index in [-0.39, 0.29) is 23.8 Å². The average Bonchev–Trinajstić information content (AvgIpc) is 2.66. The van der Waals surface area contributed by atoms with E-state index in [0.717, 1.165) is 18.4 Å². The Kier molecular flexibility index (Phi) is 8.40. The number of aromatic carboxylic acids is 1. The van der Waals surface area contributed by atoms with Gasteiger partial charge in [0.2, 0.25) is 13.3 Å². The summed E-state index contributed by atoms with van der Waals surface area (Å²) < 4.78 is 18.7. The number of rotatable bonds is 10. The molecule has 162 valence electrons. The summed E-state index contributed by atoms with van der Waals surface area (Å²) in [5.74, 6) is -1.10.